The first-order valence-corrected chi connectivity index (χ1v) is 6.83. The van der Waals surface area contributed by atoms with Crippen molar-refractivity contribution >= 4 is 52.4 Å². The summed E-state index contributed by atoms with van der Waals surface area (Å²) in [5, 5.41) is 0. The third-order valence-corrected chi connectivity index (χ3v) is 4.57. The summed E-state index contributed by atoms with van der Waals surface area (Å²) in [4.78, 5) is 31.4. The maximum atomic E-state index is 10.5. The van der Waals surface area contributed by atoms with Crippen molar-refractivity contribution in [3.63, 3.8) is 0 Å². The van der Waals surface area contributed by atoms with E-state index in [1.54, 1.807) is 0 Å². The normalized spacial score (nSPS) is 7.93. The summed E-state index contributed by atoms with van der Waals surface area (Å²) in [6.45, 7) is 3.44. The number of thiol groups is 1. The molecule has 0 unspecified atom stereocenters. The monoisotopic (exact) mass is 330 g/mol. The van der Waals surface area contributed by atoms with Gasteiger partial charge in [0.1, 0.15) is 0 Å². The maximum Gasteiger partial charge on any atom is -0.813 e. The second kappa shape index (κ2) is 7.92. The fraction of sp³-hybridized carbons (Fsp3) is 0.500. The largest absolute Gasteiger partial charge is 0.813 e. The van der Waals surface area contributed by atoms with Gasteiger partial charge in [-0.3, -0.25) is 0 Å². The number of rotatable bonds is 3. The van der Waals surface area contributed by atoms with Gasteiger partial charge in [0.2, 0.25) is 0 Å². The van der Waals surface area contributed by atoms with E-state index in [2.05, 4.69) is 9.22 Å². The van der Waals surface area contributed by atoms with Gasteiger partial charge in [0.15, 0.2) is 0 Å². The smallest absolute Gasteiger partial charge is 0.813 e. The minimum Gasteiger partial charge on any atom is -0.813 e. The second-order valence-electron chi connectivity index (χ2n) is 2.03. The van der Waals surface area contributed by atoms with Crippen LogP contribution in [0.1, 0.15) is 20.8 Å². The van der Waals surface area contributed by atoms with Crippen LogP contribution < -0.4 is 0 Å². The Kier molecular flexibility index (Phi) is 9.05. The molecule has 6 nitrogen and oxygen atoms in total. The number of hydrogen-bond donors (Lipinski definition) is 0. The van der Waals surface area contributed by atoms with Crippen LogP contribution in [0.3, 0.4) is 0 Å². The van der Waals surface area contributed by atoms with Crippen LogP contribution in [0.2, 0.25) is 0 Å². The van der Waals surface area contributed by atoms with Gasteiger partial charge in [-0.2, -0.15) is 0 Å². The van der Waals surface area contributed by atoms with E-state index in [0.29, 0.717) is 0 Å². The average Bonchev–Trinajstić information content (AvgIpc) is 1.80. The van der Waals surface area contributed by atoms with Crippen molar-refractivity contribution in [1.82, 2.24) is 0 Å². The van der Waals surface area contributed by atoms with Crippen molar-refractivity contribution in [3.8, 4) is 0 Å². The van der Waals surface area contributed by atoms with Crippen LogP contribution in [0.4, 0.5) is 0 Å². The van der Waals surface area contributed by atoms with Gasteiger partial charge in [-0.1, -0.05) is 0 Å². The maximum absolute atomic E-state index is 10.5. The van der Waals surface area contributed by atoms with Gasteiger partial charge in [-0.05, 0) is 0 Å². The molecule has 0 aromatic carbocycles. The van der Waals surface area contributed by atoms with Gasteiger partial charge in [-0.25, -0.2) is 0 Å². The molecule has 0 saturated heterocycles. The van der Waals surface area contributed by atoms with E-state index in [-0.39, 0.29) is 13.5 Å². The van der Waals surface area contributed by atoms with Gasteiger partial charge in [0.25, 0.3) is 0 Å². The summed E-state index contributed by atoms with van der Waals surface area (Å²) in [6, 6.07) is 0. The van der Waals surface area contributed by atoms with E-state index < -0.39 is 38.9 Å². The zero-order chi connectivity index (χ0) is 10.4. The topological polar surface area (TPSA) is 78.9 Å². The molecule has 0 aliphatic rings. The van der Waals surface area contributed by atoms with Crippen molar-refractivity contribution < 1.29 is 23.6 Å². The average molecular weight is 329 g/mol. The van der Waals surface area contributed by atoms with Crippen molar-refractivity contribution in [2.24, 2.45) is 0 Å². The van der Waals surface area contributed by atoms with E-state index in [0.717, 1.165) is 20.8 Å². The molecule has 0 aliphatic carbocycles. The van der Waals surface area contributed by atoms with Crippen LogP contribution in [-0.4, -0.2) is 38.9 Å². The minimum atomic E-state index is -3.52. The second-order valence-corrected chi connectivity index (χ2v) is 5.21. The van der Waals surface area contributed by atoms with Gasteiger partial charge >= 0.3 is 83.3 Å². The Balaban J connectivity index is 0. The quantitative estimate of drug-likeness (QED) is 0.388. The first-order chi connectivity index (χ1) is 5.91. The molecule has 0 fully saturated rings. The number of carbonyl (C=O) groups excluding carboxylic acids is 3. The molecule has 0 radical (unpaired) electrons. The van der Waals surface area contributed by atoms with Crippen molar-refractivity contribution in [2.75, 3.05) is 0 Å². The Hall–Kier alpha value is -0.441. The van der Waals surface area contributed by atoms with Gasteiger partial charge < -0.3 is 13.5 Å². The summed E-state index contributed by atoms with van der Waals surface area (Å²) in [6.07, 6.45) is 0. The molecule has 0 aromatic heterocycles. The minimum absolute atomic E-state index is 0. The zero-order valence-electron chi connectivity index (χ0n) is 7.90. The van der Waals surface area contributed by atoms with Gasteiger partial charge in [0, 0.05) is 0 Å². The van der Waals surface area contributed by atoms with Gasteiger partial charge in [0.05, 0.1) is 0 Å². The SMILES string of the molecule is CC(=O)[O][Sn+]([O]C(C)=O)[O]C(C)=O.[SH-]. The molecule has 8 heteroatoms. The Morgan fingerprint density at radius 2 is 1.00 bits per heavy atom. The molecule has 0 rings (SSSR count). The molecule has 0 N–H and O–H groups in total. The summed E-state index contributed by atoms with van der Waals surface area (Å²) in [5.41, 5.74) is 0. The van der Waals surface area contributed by atoms with Crippen LogP contribution in [0.25, 0.3) is 0 Å². The summed E-state index contributed by atoms with van der Waals surface area (Å²) in [5.74, 6) is -1.88. The third-order valence-electron chi connectivity index (χ3n) is 0.681. The number of hydrogen-bond acceptors (Lipinski definition) is 7. The first-order valence-electron chi connectivity index (χ1n) is 3.34. The third kappa shape index (κ3) is 9.65. The number of carbonyl (C=O) groups is 3. The summed E-state index contributed by atoms with van der Waals surface area (Å²) in [7, 11) is 0. The van der Waals surface area contributed by atoms with E-state index in [1.165, 1.54) is 0 Å². The Bertz CT molecular complexity index is 192. The Morgan fingerprint density at radius 3 is 1.14 bits per heavy atom. The molecule has 0 amide bonds. The zero-order valence-corrected chi connectivity index (χ0v) is 11.6. The molecule has 0 atom stereocenters. The molecule has 0 heterocycles. The molecule has 80 valence electrons. The van der Waals surface area contributed by atoms with E-state index in [1.807, 2.05) is 0 Å². The van der Waals surface area contributed by atoms with E-state index >= 15 is 0 Å². The fourth-order valence-corrected chi connectivity index (χ4v) is 2.78. The molecule has 0 aliphatic heterocycles. The predicted octanol–water partition coefficient (Wildman–Crippen LogP) is -0.610. The van der Waals surface area contributed by atoms with Crippen LogP contribution in [-0.2, 0) is 37.1 Å². The summed E-state index contributed by atoms with van der Waals surface area (Å²) < 4.78 is 13.6. The van der Waals surface area contributed by atoms with Crippen LogP contribution in [0.15, 0.2) is 0 Å². The van der Waals surface area contributed by atoms with Crippen molar-refractivity contribution in [2.45, 2.75) is 20.8 Å². The van der Waals surface area contributed by atoms with E-state index in [9.17, 15) is 14.4 Å². The molecular weight excluding hydrogens is 319 g/mol. The molecule has 0 aromatic rings. The van der Waals surface area contributed by atoms with E-state index in [4.69, 9.17) is 0 Å². The van der Waals surface area contributed by atoms with Crippen LogP contribution in [0, 0.1) is 0 Å². The standard InChI is InChI=1S/3C2H4O2.H2S.Sn/c3*1-2(3)4;;/h3*1H3,(H,3,4);1H2;/q;;;;+4/p-4. The van der Waals surface area contributed by atoms with Crippen LogP contribution >= 0.6 is 0 Å². The molecule has 14 heavy (non-hydrogen) atoms. The summed E-state index contributed by atoms with van der Waals surface area (Å²) >= 11 is -3.52. The first kappa shape index (κ1) is 16.0. The van der Waals surface area contributed by atoms with Gasteiger partial charge in [-0.15, -0.1) is 0 Å². The van der Waals surface area contributed by atoms with Crippen molar-refractivity contribution in [1.29, 1.82) is 0 Å². The Morgan fingerprint density at radius 1 is 0.786 bits per heavy atom. The fourth-order valence-electron chi connectivity index (χ4n) is 0.415. The molecular formula is C6H10O6SSn. The van der Waals surface area contributed by atoms with Crippen LogP contribution in [0.5, 0.6) is 0 Å². The predicted molar refractivity (Wildman–Crippen MR) is 49.8 cm³/mol. The molecule has 0 bridgehead atoms. The molecule has 0 spiro atoms. The Labute approximate surface area is 96.7 Å². The van der Waals surface area contributed by atoms with Crippen molar-refractivity contribution in [3.05, 3.63) is 0 Å². The molecule has 0 saturated carbocycles.